The average molecular weight is 365 g/mol. The molecule has 0 aliphatic carbocycles. The van der Waals surface area contributed by atoms with E-state index in [-0.39, 0.29) is 24.1 Å². The van der Waals surface area contributed by atoms with Crippen molar-refractivity contribution in [2.75, 3.05) is 0 Å². The number of para-hydroxylation sites is 2. The van der Waals surface area contributed by atoms with Crippen molar-refractivity contribution < 1.29 is 4.79 Å². The molecule has 0 saturated heterocycles. The first-order valence-corrected chi connectivity index (χ1v) is 9.06. The highest BCUT2D eigenvalue weighted by atomic mass is 16.2. The Kier molecular flexibility index (Phi) is 5.26. The fourth-order valence-electron chi connectivity index (χ4n) is 3.23. The molecular weight excluding hydrogens is 342 g/mol. The van der Waals surface area contributed by atoms with E-state index in [1.54, 1.807) is 36.4 Å². The van der Waals surface area contributed by atoms with E-state index in [9.17, 15) is 14.4 Å². The van der Waals surface area contributed by atoms with Crippen LogP contribution < -0.4 is 16.6 Å². The molecule has 1 aromatic heterocycles. The predicted octanol–water partition coefficient (Wildman–Crippen LogP) is 2.24. The first-order chi connectivity index (χ1) is 12.9. The van der Waals surface area contributed by atoms with Crippen molar-refractivity contribution in [2.45, 2.75) is 39.8 Å². The van der Waals surface area contributed by atoms with Crippen molar-refractivity contribution in [3.63, 3.8) is 0 Å². The third kappa shape index (κ3) is 3.56. The number of hydrogen-bond donors (Lipinski definition) is 1. The molecule has 0 radical (unpaired) electrons. The van der Waals surface area contributed by atoms with Gasteiger partial charge in [0.1, 0.15) is 6.54 Å². The smallest absolute Gasteiger partial charge is 0.336 e. The minimum absolute atomic E-state index is 0.0359. The molecule has 3 aromatic rings. The van der Waals surface area contributed by atoms with Gasteiger partial charge in [-0.2, -0.15) is 0 Å². The van der Waals surface area contributed by atoms with Crippen LogP contribution in [0.4, 0.5) is 0 Å². The topological polar surface area (TPSA) is 73.1 Å². The second kappa shape index (κ2) is 7.61. The van der Waals surface area contributed by atoms with Crippen molar-refractivity contribution in [2.24, 2.45) is 0 Å². The van der Waals surface area contributed by atoms with Gasteiger partial charge in [-0.05, 0) is 44.0 Å². The number of benzene rings is 2. The highest BCUT2D eigenvalue weighted by Crippen LogP contribution is 2.14. The number of hydrogen-bond acceptors (Lipinski definition) is 3. The largest absolute Gasteiger partial charge is 0.352 e. The van der Waals surface area contributed by atoms with E-state index in [4.69, 9.17) is 0 Å². The Morgan fingerprint density at radius 2 is 1.70 bits per heavy atom. The van der Waals surface area contributed by atoms with Crippen LogP contribution in [0.5, 0.6) is 0 Å². The highest BCUT2D eigenvalue weighted by molar-refractivity contribution is 5.82. The molecule has 0 fully saturated rings. The molecule has 1 amide bonds. The van der Waals surface area contributed by atoms with Crippen LogP contribution in [-0.2, 0) is 17.8 Å². The summed E-state index contributed by atoms with van der Waals surface area (Å²) in [7, 11) is 0. The van der Waals surface area contributed by atoms with Gasteiger partial charge in [-0.25, -0.2) is 9.36 Å². The van der Waals surface area contributed by atoms with Gasteiger partial charge in [-0.15, -0.1) is 0 Å². The van der Waals surface area contributed by atoms with Gasteiger partial charge in [-0.1, -0.05) is 37.3 Å². The summed E-state index contributed by atoms with van der Waals surface area (Å²) in [4.78, 5) is 38.6. The lowest BCUT2D eigenvalue weighted by atomic mass is 10.1. The molecule has 0 bridgehead atoms. The molecule has 1 heterocycles. The molecule has 2 aromatic carbocycles. The van der Waals surface area contributed by atoms with Crippen LogP contribution in [0.1, 0.15) is 26.3 Å². The summed E-state index contributed by atoms with van der Waals surface area (Å²) in [5, 5.41) is 3.20. The van der Waals surface area contributed by atoms with E-state index >= 15 is 0 Å². The number of aryl methyl sites for hydroxylation is 1. The molecule has 1 N–H and O–H groups in total. The summed E-state index contributed by atoms with van der Waals surface area (Å²) in [6.07, 6.45) is 0.683. The maximum absolute atomic E-state index is 13.2. The normalized spacial score (nSPS) is 11.1. The van der Waals surface area contributed by atoms with Gasteiger partial charge in [0.2, 0.25) is 5.91 Å². The molecular formula is C21H23N3O3. The van der Waals surface area contributed by atoms with Crippen molar-refractivity contribution in [1.82, 2.24) is 14.5 Å². The molecule has 0 aliphatic heterocycles. The number of rotatable bonds is 5. The molecule has 0 saturated carbocycles. The van der Waals surface area contributed by atoms with Crippen molar-refractivity contribution in [3.05, 3.63) is 74.9 Å². The van der Waals surface area contributed by atoms with E-state index in [1.807, 2.05) is 32.9 Å². The Balaban J connectivity index is 2.31. The van der Waals surface area contributed by atoms with Crippen LogP contribution in [0.15, 0.2) is 58.1 Å². The highest BCUT2D eigenvalue weighted by Gasteiger charge is 2.17. The summed E-state index contributed by atoms with van der Waals surface area (Å²) in [5.74, 6) is -0.272. The number of fused-ring (bicyclic) bond motifs is 1. The van der Waals surface area contributed by atoms with Crippen LogP contribution in [0, 0.1) is 0 Å². The molecule has 0 atom stereocenters. The number of carbonyl (C=O) groups is 1. The van der Waals surface area contributed by atoms with E-state index in [0.29, 0.717) is 23.0 Å². The SMILES string of the molecule is CCc1ccccc1-n1c(=O)c2ccccc2n(CC(=O)NC(C)C)c1=O. The number of nitrogens with one attached hydrogen (secondary N) is 1. The van der Waals surface area contributed by atoms with Crippen molar-refractivity contribution in [3.8, 4) is 5.69 Å². The summed E-state index contributed by atoms with van der Waals surface area (Å²) in [6.45, 7) is 5.54. The fraction of sp³-hybridized carbons (Fsp3) is 0.286. The van der Waals surface area contributed by atoms with E-state index < -0.39 is 5.69 Å². The maximum atomic E-state index is 13.2. The summed E-state index contributed by atoms with van der Waals surface area (Å²) >= 11 is 0. The maximum Gasteiger partial charge on any atom is 0.336 e. The van der Waals surface area contributed by atoms with Crippen molar-refractivity contribution in [1.29, 1.82) is 0 Å². The van der Waals surface area contributed by atoms with Gasteiger partial charge in [-0.3, -0.25) is 14.2 Å². The van der Waals surface area contributed by atoms with Crippen LogP contribution >= 0.6 is 0 Å². The van der Waals surface area contributed by atoms with Gasteiger partial charge in [0.25, 0.3) is 5.56 Å². The van der Waals surface area contributed by atoms with Crippen LogP contribution in [0.3, 0.4) is 0 Å². The van der Waals surface area contributed by atoms with Gasteiger partial charge in [0.15, 0.2) is 0 Å². The summed E-state index contributed by atoms with van der Waals surface area (Å²) in [6, 6.07) is 14.2. The third-order valence-corrected chi connectivity index (χ3v) is 4.42. The van der Waals surface area contributed by atoms with Gasteiger partial charge < -0.3 is 5.32 Å². The minimum Gasteiger partial charge on any atom is -0.352 e. The standard InChI is InChI=1S/C21H23N3O3/c1-4-15-9-5-7-11-17(15)24-20(26)16-10-6-8-12-18(16)23(21(24)27)13-19(25)22-14(2)3/h5-12,14H,4,13H2,1-3H3,(H,22,25). The Morgan fingerprint density at radius 1 is 1.04 bits per heavy atom. The van der Waals surface area contributed by atoms with Gasteiger partial charge >= 0.3 is 5.69 Å². The molecule has 6 nitrogen and oxygen atoms in total. The average Bonchev–Trinajstić information content (AvgIpc) is 2.65. The summed E-state index contributed by atoms with van der Waals surface area (Å²) in [5.41, 5.74) is 1.01. The Bertz CT molecular complexity index is 1110. The molecule has 3 rings (SSSR count). The molecule has 0 aliphatic rings. The third-order valence-electron chi connectivity index (χ3n) is 4.42. The quantitative estimate of drug-likeness (QED) is 0.754. The first-order valence-electron chi connectivity index (χ1n) is 9.06. The van der Waals surface area contributed by atoms with Crippen LogP contribution in [-0.4, -0.2) is 21.1 Å². The van der Waals surface area contributed by atoms with Gasteiger partial charge in [0, 0.05) is 6.04 Å². The second-order valence-electron chi connectivity index (χ2n) is 6.73. The Morgan fingerprint density at radius 3 is 2.41 bits per heavy atom. The monoisotopic (exact) mass is 365 g/mol. The lowest BCUT2D eigenvalue weighted by Crippen LogP contribution is -2.43. The van der Waals surface area contributed by atoms with Gasteiger partial charge in [0.05, 0.1) is 16.6 Å². The molecule has 140 valence electrons. The van der Waals surface area contributed by atoms with E-state index in [0.717, 1.165) is 5.56 Å². The van der Waals surface area contributed by atoms with Crippen LogP contribution in [0.2, 0.25) is 0 Å². The summed E-state index contributed by atoms with van der Waals surface area (Å²) < 4.78 is 2.53. The predicted molar refractivity (Wildman–Crippen MR) is 106 cm³/mol. The van der Waals surface area contributed by atoms with Crippen molar-refractivity contribution >= 4 is 16.8 Å². The molecule has 0 spiro atoms. The molecule has 6 heteroatoms. The number of amides is 1. The zero-order valence-electron chi connectivity index (χ0n) is 15.7. The van der Waals surface area contributed by atoms with E-state index in [1.165, 1.54) is 9.13 Å². The molecule has 0 unspecified atom stereocenters. The minimum atomic E-state index is -0.515. The Hall–Kier alpha value is -3.15. The first kappa shape index (κ1) is 18.6. The molecule has 27 heavy (non-hydrogen) atoms. The fourth-order valence-corrected chi connectivity index (χ4v) is 3.23. The number of aromatic nitrogens is 2. The van der Waals surface area contributed by atoms with Crippen LogP contribution in [0.25, 0.3) is 16.6 Å². The lowest BCUT2D eigenvalue weighted by molar-refractivity contribution is -0.122. The zero-order valence-corrected chi connectivity index (χ0v) is 15.7. The van der Waals surface area contributed by atoms with E-state index in [2.05, 4.69) is 5.32 Å². The number of carbonyl (C=O) groups excluding carboxylic acids is 1. The zero-order chi connectivity index (χ0) is 19.6. The second-order valence-corrected chi connectivity index (χ2v) is 6.73. The number of nitrogens with zero attached hydrogens (tertiary/aromatic N) is 2. The lowest BCUT2D eigenvalue weighted by Gasteiger charge is -2.16. The Labute approximate surface area is 157 Å².